The van der Waals surface area contributed by atoms with Gasteiger partial charge in [0, 0.05) is 0 Å². The quantitative estimate of drug-likeness (QED) is 0.305. The van der Waals surface area contributed by atoms with Gasteiger partial charge in [-0.2, -0.15) is 0 Å². The van der Waals surface area contributed by atoms with Gasteiger partial charge in [-0.25, -0.2) is 0 Å². The van der Waals surface area contributed by atoms with Crippen molar-refractivity contribution < 1.29 is 9.53 Å². The van der Waals surface area contributed by atoms with Crippen LogP contribution in [0.2, 0.25) is 0 Å². The smallest absolute Gasteiger partial charge is 0.293 e. The Morgan fingerprint density at radius 3 is 2.43 bits per heavy atom. The van der Waals surface area contributed by atoms with E-state index in [1.54, 1.807) is 0 Å². The van der Waals surface area contributed by atoms with Gasteiger partial charge < -0.3 is 4.74 Å². The zero-order chi connectivity index (χ0) is 10.5. The van der Waals surface area contributed by atoms with Crippen LogP contribution in [0.15, 0.2) is 12.2 Å². The van der Waals surface area contributed by atoms with Crippen molar-refractivity contribution >= 4 is 6.47 Å². The molecule has 0 amide bonds. The Labute approximate surface area is 87.3 Å². The van der Waals surface area contributed by atoms with Gasteiger partial charge in [0.25, 0.3) is 6.47 Å². The van der Waals surface area contributed by atoms with Crippen molar-refractivity contribution in [1.82, 2.24) is 0 Å². The maximum Gasteiger partial charge on any atom is 0.293 e. The minimum Gasteiger partial charge on any atom is -0.468 e. The van der Waals surface area contributed by atoms with E-state index in [-0.39, 0.29) is 0 Å². The fraction of sp³-hybridized carbons (Fsp3) is 0.750. The number of carbonyl (C=O) groups is 1. The predicted octanol–water partition coefficient (Wildman–Crippen LogP) is 3.47. The first-order valence-electron chi connectivity index (χ1n) is 5.62. The Bertz CT molecular complexity index is 141. The maximum atomic E-state index is 9.79. The summed E-state index contributed by atoms with van der Waals surface area (Å²) >= 11 is 0. The summed E-state index contributed by atoms with van der Waals surface area (Å²) in [6.07, 6.45) is 12.9. The third-order valence-electron chi connectivity index (χ3n) is 2.11. The highest BCUT2D eigenvalue weighted by Gasteiger charge is 1.86. The third-order valence-corrected chi connectivity index (χ3v) is 2.11. The highest BCUT2D eigenvalue weighted by atomic mass is 16.5. The monoisotopic (exact) mass is 198 g/mol. The van der Waals surface area contributed by atoms with Crippen LogP contribution in [0.4, 0.5) is 0 Å². The summed E-state index contributed by atoms with van der Waals surface area (Å²) in [5, 5.41) is 0. The molecule has 0 aromatic heterocycles. The van der Waals surface area contributed by atoms with Crippen LogP contribution in [-0.4, -0.2) is 13.1 Å². The molecule has 0 aliphatic carbocycles. The van der Waals surface area contributed by atoms with Crippen LogP contribution >= 0.6 is 0 Å². The standard InChI is InChI=1S/C12H22O2/c1-2-3-4-5-6-7-8-9-10-11-14-12-13/h8-9,12H,2-7,10-11H2,1H3/b9-8+. The van der Waals surface area contributed by atoms with Gasteiger partial charge in [-0.3, -0.25) is 4.79 Å². The molecule has 0 unspecified atom stereocenters. The number of allylic oxidation sites excluding steroid dienone is 1. The SMILES string of the molecule is CCCCCCC/C=C/CCOC=O. The summed E-state index contributed by atoms with van der Waals surface area (Å²) in [5.74, 6) is 0. The van der Waals surface area contributed by atoms with E-state index >= 15 is 0 Å². The summed E-state index contributed by atoms with van der Waals surface area (Å²) in [5.41, 5.74) is 0. The van der Waals surface area contributed by atoms with Gasteiger partial charge in [0.05, 0.1) is 6.61 Å². The molecule has 2 nitrogen and oxygen atoms in total. The van der Waals surface area contributed by atoms with Crippen LogP contribution in [-0.2, 0) is 9.53 Å². The fourth-order valence-corrected chi connectivity index (χ4v) is 1.29. The second-order valence-corrected chi connectivity index (χ2v) is 3.43. The molecule has 0 atom stereocenters. The first-order valence-corrected chi connectivity index (χ1v) is 5.62. The first kappa shape index (κ1) is 13.2. The van der Waals surface area contributed by atoms with Crippen LogP contribution in [0.3, 0.4) is 0 Å². The molecule has 0 rings (SSSR count). The minimum atomic E-state index is 0.499. The summed E-state index contributed by atoms with van der Waals surface area (Å²) in [6, 6.07) is 0. The Balaban J connectivity index is 2.99. The van der Waals surface area contributed by atoms with Gasteiger partial charge in [-0.05, 0) is 19.3 Å². The Kier molecular flexibility index (Phi) is 11.5. The molecule has 0 saturated heterocycles. The average Bonchev–Trinajstić information content (AvgIpc) is 2.21. The highest BCUT2D eigenvalue weighted by molar-refractivity contribution is 5.36. The third kappa shape index (κ3) is 11.2. The van der Waals surface area contributed by atoms with Crippen molar-refractivity contribution in [3.8, 4) is 0 Å². The summed E-state index contributed by atoms with van der Waals surface area (Å²) in [6.45, 7) is 3.24. The lowest BCUT2D eigenvalue weighted by molar-refractivity contribution is -0.128. The second kappa shape index (κ2) is 12.2. The lowest BCUT2D eigenvalue weighted by Gasteiger charge is -1.96. The van der Waals surface area contributed by atoms with Crippen molar-refractivity contribution in [2.24, 2.45) is 0 Å². The van der Waals surface area contributed by atoms with Crippen LogP contribution in [0, 0.1) is 0 Å². The first-order chi connectivity index (χ1) is 6.91. The molecule has 0 N–H and O–H groups in total. The molecular weight excluding hydrogens is 176 g/mol. The zero-order valence-corrected chi connectivity index (χ0v) is 9.21. The van der Waals surface area contributed by atoms with Crippen molar-refractivity contribution in [2.45, 2.75) is 51.9 Å². The van der Waals surface area contributed by atoms with Gasteiger partial charge in [-0.1, -0.05) is 44.8 Å². The lowest BCUT2D eigenvalue weighted by Crippen LogP contribution is -1.88. The second-order valence-electron chi connectivity index (χ2n) is 3.43. The van der Waals surface area contributed by atoms with Crippen molar-refractivity contribution in [3.63, 3.8) is 0 Å². The van der Waals surface area contributed by atoms with E-state index in [1.165, 1.54) is 32.1 Å². The normalized spacial score (nSPS) is 10.6. The number of hydrogen-bond acceptors (Lipinski definition) is 2. The molecule has 0 spiro atoms. The Hall–Kier alpha value is -0.790. The predicted molar refractivity (Wildman–Crippen MR) is 59.1 cm³/mol. The molecular formula is C12H22O2. The summed E-state index contributed by atoms with van der Waals surface area (Å²) in [4.78, 5) is 9.79. The summed E-state index contributed by atoms with van der Waals surface area (Å²) in [7, 11) is 0. The summed E-state index contributed by atoms with van der Waals surface area (Å²) < 4.78 is 4.56. The van der Waals surface area contributed by atoms with Gasteiger partial charge in [-0.15, -0.1) is 0 Å². The van der Waals surface area contributed by atoms with Gasteiger partial charge >= 0.3 is 0 Å². The van der Waals surface area contributed by atoms with Gasteiger partial charge in [0.15, 0.2) is 0 Å². The molecule has 14 heavy (non-hydrogen) atoms. The van der Waals surface area contributed by atoms with Crippen LogP contribution in [0.25, 0.3) is 0 Å². The van der Waals surface area contributed by atoms with E-state index in [2.05, 4.69) is 23.8 Å². The molecule has 0 radical (unpaired) electrons. The highest BCUT2D eigenvalue weighted by Crippen LogP contribution is 2.05. The number of carbonyl (C=O) groups excluding carboxylic acids is 1. The van der Waals surface area contributed by atoms with E-state index in [4.69, 9.17) is 0 Å². The van der Waals surface area contributed by atoms with E-state index in [0.717, 1.165) is 12.8 Å². The molecule has 0 aromatic carbocycles. The van der Waals surface area contributed by atoms with Crippen LogP contribution < -0.4 is 0 Å². The number of rotatable bonds is 10. The molecule has 0 fully saturated rings. The molecule has 0 saturated carbocycles. The molecule has 0 heterocycles. The van der Waals surface area contributed by atoms with Crippen LogP contribution in [0.1, 0.15) is 51.9 Å². The van der Waals surface area contributed by atoms with Crippen LogP contribution in [0.5, 0.6) is 0 Å². The molecule has 82 valence electrons. The molecule has 0 aliphatic rings. The van der Waals surface area contributed by atoms with Crippen molar-refractivity contribution in [3.05, 3.63) is 12.2 Å². The van der Waals surface area contributed by atoms with Gasteiger partial charge in [0.1, 0.15) is 0 Å². The Morgan fingerprint density at radius 2 is 1.71 bits per heavy atom. The fourth-order valence-electron chi connectivity index (χ4n) is 1.29. The molecule has 0 aromatic rings. The maximum absolute atomic E-state index is 9.79. The molecule has 0 bridgehead atoms. The van der Waals surface area contributed by atoms with Crippen molar-refractivity contribution in [2.75, 3.05) is 6.61 Å². The van der Waals surface area contributed by atoms with E-state index < -0.39 is 0 Å². The average molecular weight is 198 g/mol. The van der Waals surface area contributed by atoms with E-state index in [1.807, 2.05) is 0 Å². The van der Waals surface area contributed by atoms with Gasteiger partial charge in [0.2, 0.25) is 0 Å². The van der Waals surface area contributed by atoms with E-state index in [0.29, 0.717) is 13.1 Å². The van der Waals surface area contributed by atoms with Crippen molar-refractivity contribution in [1.29, 1.82) is 0 Å². The Morgan fingerprint density at radius 1 is 1.00 bits per heavy atom. The van der Waals surface area contributed by atoms with E-state index in [9.17, 15) is 4.79 Å². The minimum absolute atomic E-state index is 0.499. The zero-order valence-electron chi connectivity index (χ0n) is 9.21. The number of hydrogen-bond donors (Lipinski definition) is 0. The number of unbranched alkanes of at least 4 members (excludes halogenated alkanes) is 5. The largest absolute Gasteiger partial charge is 0.468 e. The number of ether oxygens (including phenoxy) is 1. The topological polar surface area (TPSA) is 26.3 Å². The lowest BCUT2D eigenvalue weighted by atomic mass is 10.1. The molecule has 2 heteroatoms. The molecule has 0 aliphatic heterocycles.